The summed E-state index contributed by atoms with van der Waals surface area (Å²) in [6.07, 6.45) is -0.00287. The van der Waals surface area contributed by atoms with Gasteiger partial charge in [0.1, 0.15) is 0 Å². The summed E-state index contributed by atoms with van der Waals surface area (Å²) in [6.45, 7) is -0.614. The Morgan fingerprint density at radius 1 is 1.15 bits per heavy atom. The molecule has 0 atom stereocenters. The number of hydroxylamine groups is 1. The molecule has 34 heavy (non-hydrogen) atoms. The molecule has 13 heteroatoms. The van der Waals surface area contributed by atoms with E-state index >= 15 is 0 Å². The maximum atomic E-state index is 13.5. The third-order valence-corrected chi connectivity index (χ3v) is 8.69. The quantitative estimate of drug-likeness (QED) is 0.439. The van der Waals surface area contributed by atoms with Crippen molar-refractivity contribution in [3.63, 3.8) is 0 Å². The minimum atomic E-state index is -4.50. The molecule has 2 aliphatic rings. The molecule has 2 fully saturated rings. The van der Waals surface area contributed by atoms with Crippen LogP contribution in [0.2, 0.25) is 0 Å². The van der Waals surface area contributed by atoms with E-state index in [2.05, 4.69) is 19.6 Å². The molecule has 9 nitrogen and oxygen atoms in total. The number of hydrogen-bond acceptors (Lipinski definition) is 8. The van der Waals surface area contributed by atoms with E-state index in [0.29, 0.717) is 30.4 Å². The monoisotopic (exact) mass is 500 g/mol. The second-order valence-corrected chi connectivity index (χ2v) is 10.6. The standard InChI is InChI=1S/C21H23F3N4O5S/c22-21(23,24)13-33-18-12-25-17(11-26-18)14-1-5-16(6-2-14)34(31,32)20(19(29)27-30)7-9-28(10-8-20)15-3-4-15/h1-2,5-6,11-12,15,30H,3-4,7-10,13H2,(H,27,29). The normalized spacial score (nSPS) is 18.9. The topological polar surface area (TPSA) is 122 Å². The van der Waals surface area contributed by atoms with Crippen molar-refractivity contribution in [1.82, 2.24) is 20.3 Å². The van der Waals surface area contributed by atoms with E-state index in [1.165, 1.54) is 35.9 Å². The molecule has 0 radical (unpaired) electrons. The molecule has 2 N–H and O–H groups in total. The number of benzene rings is 1. The average molecular weight is 500 g/mol. The van der Waals surface area contributed by atoms with Gasteiger partial charge in [-0.15, -0.1) is 0 Å². The van der Waals surface area contributed by atoms with Crippen molar-refractivity contribution in [3.05, 3.63) is 36.7 Å². The zero-order chi connectivity index (χ0) is 24.6. The number of aromatic nitrogens is 2. The van der Waals surface area contributed by atoms with Gasteiger partial charge in [-0.1, -0.05) is 12.1 Å². The SMILES string of the molecule is O=C(NO)C1(S(=O)(=O)c2ccc(-c3cnc(OCC(F)(F)F)cn3)cc2)CCN(C2CC2)CC1. The van der Waals surface area contributed by atoms with Gasteiger partial charge in [-0.3, -0.25) is 10.0 Å². The van der Waals surface area contributed by atoms with Gasteiger partial charge < -0.3 is 9.64 Å². The van der Waals surface area contributed by atoms with Crippen LogP contribution in [0.1, 0.15) is 25.7 Å². The molecule has 184 valence electrons. The highest BCUT2D eigenvalue weighted by molar-refractivity contribution is 7.93. The predicted molar refractivity (Wildman–Crippen MR) is 113 cm³/mol. The number of piperidine rings is 1. The fourth-order valence-electron chi connectivity index (χ4n) is 4.14. The van der Waals surface area contributed by atoms with E-state index in [-0.39, 0.29) is 23.6 Å². The van der Waals surface area contributed by atoms with Crippen molar-refractivity contribution < 1.29 is 36.3 Å². The van der Waals surface area contributed by atoms with Crippen LogP contribution in [-0.4, -0.2) is 71.1 Å². The molecule has 1 aromatic heterocycles. The van der Waals surface area contributed by atoms with Gasteiger partial charge in [0.05, 0.1) is 23.0 Å². The number of carbonyl (C=O) groups is 1. The van der Waals surface area contributed by atoms with Crippen LogP contribution in [0, 0.1) is 0 Å². The average Bonchev–Trinajstić information content (AvgIpc) is 3.68. The summed E-state index contributed by atoms with van der Waals surface area (Å²) in [7, 11) is -4.15. The number of sulfone groups is 1. The van der Waals surface area contributed by atoms with Crippen molar-refractivity contribution >= 4 is 15.7 Å². The largest absolute Gasteiger partial charge is 0.467 e. The van der Waals surface area contributed by atoms with Gasteiger partial charge in [-0.05, 0) is 37.8 Å². The number of hydrogen-bond donors (Lipinski definition) is 2. The Kier molecular flexibility index (Phi) is 6.53. The summed E-state index contributed by atoms with van der Waals surface area (Å²) in [6, 6.07) is 6.04. The first-order valence-electron chi connectivity index (χ1n) is 10.6. The predicted octanol–water partition coefficient (Wildman–Crippen LogP) is 2.36. The third-order valence-electron chi connectivity index (χ3n) is 6.17. The molecule has 0 bridgehead atoms. The van der Waals surface area contributed by atoms with Gasteiger partial charge in [0.15, 0.2) is 21.2 Å². The number of carbonyl (C=O) groups excluding carboxylic acids is 1. The molecule has 2 aromatic rings. The van der Waals surface area contributed by atoms with Crippen molar-refractivity contribution in [3.8, 4) is 17.1 Å². The Bertz CT molecular complexity index is 1130. The summed E-state index contributed by atoms with van der Waals surface area (Å²) >= 11 is 0. The van der Waals surface area contributed by atoms with Crippen molar-refractivity contribution in [2.24, 2.45) is 0 Å². The van der Waals surface area contributed by atoms with E-state index in [1.54, 1.807) is 0 Å². The van der Waals surface area contributed by atoms with Crippen LogP contribution in [0.5, 0.6) is 5.88 Å². The highest BCUT2D eigenvalue weighted by atomic mass is 32.2. The molecule has 0 unspecified atom stereocenters. The summed E-state index contributed by atoms with van der Waals surface area (Å²) in [4.78, 5) is 22.5. The lowest BCUT2D eigenvalue weighted by Gasteiger charge is -2.39. The molecular weight excluding hydrogens is 477 g/mol. The lowest BCUT2D eigenvalue weighted by atomic mass is 9.94. The first-order chi connectivity index (χ1) is 16.1. The number of nitrogens with zero attached hydrogens (tertiary/aromatic N) is 3. The van der Waals surface area contributed by atoms with E-state index in [4.69, 9.17) is 0 Å². The summed E-state index contributed by atoms with van der Waals surface area (Å²) in [5.74, 6) is -1.25. The molecule has 1 aromatic carbocycles. The molecule has 0 spiro atoms. The molecule has 1 aliphatic heterocycles. The lowest BCUT2D eigenvalue weighted by Crippen LogP contribution is -2.58. The van der Waals surface area contributed by atoms with Crippen molar-refractivity contribution in [1.29, 1.82) is 0 Å². The highest BCUT2D eigenvalue weighted by Crippen LogP contribution is 2.39. The van der Waals surface area contributed by atoms with Gasteiger partial charge in [0, 0.05) is 24.7 Å². The van der Waals surface area contributed by atoms with E-state index in [0.717, 1.165) is 19.0 Å². The fourth-order valence-corrected chi connectivity index (χ4v) is 6.09. The smallest absolute Gasteiger partial charge is 0.422 e. The molecular formula is C21H23F3N4O5S. The number of ether oxygens (including phenoxy) is 1. The zero-order valence-electron chi connectivity index (χ0n) is 18.0. The first kappa shape index (κ1) is 24.4. The Morgan fingerprint density at radius 2 is 1.79 bits per heavy atom. The number of likely N-dealkylation sites (tertiary alicyclic amines) is 1. The van der Waals surface area contributed by atoms with Crippen molar-refractivity contribution in [2.75, 3.05) is 19.7 Å². The summed E-state index contributed by atoms with van der Waals surface area (Å²) in [5.41, 5.74) is 2.30. The van der Waals surface area contributed by atoms with Crippen LogP contribution in [0.25, 0.3) is 11.3 Å². The molecule has 1 amide bonds. The Morgan fingerprint density at radius 3 is 2.29 bits per heavy atom. The van der Waals surface area contributed by atoms with Crippen LogP contribution in [0.15, 0.2) is 41.6 Å². The second kappa shape index (κ2) is 9.12. The highest BCUT2D eigenvalue weighted by Gasteiger charge is 2.54. The van der Waals surface area contributed by atoms with E-state index < -0.39 is 33.3 Å². The Balaban J connectivity index is 1.53. The van der Waals surface area contributed by atoms with Crippen LogP contribution in [0.4, 0.5) is 13.2 Å². The number of amides is 1. The molecule has 1 saturated carbocycles. The van der Waals surface area contributed by atoms with E-state index in [9.17, 15) is 31.6 Å². The minimum absolute atomic E-state index is 0.0604. The first-order valence-corrected chi connectivity index (χ1v) is 12.1. The molecule has 4 rings (SSSR count). The number of rotatable bonds is 7. The van der Waals surface area contributed by atoms with Crippen LogP contribution >= 0.6 is 0 Å². The fraction of sp³-hybridized carbons (Fsp3) is 0.476. The van der Waals surface area contributed by atoms with Gasteiger partial charge in [-0.2, -0.15) is 13.2 Å². The number of alkyl halides is 3. The van der Waals surface area contributed by atoms with E-state index in [1.807, 2.05) is 0 Å². The third kappa shape index (κ3) is 4.86. The maximum absolute atomic E-state index is 13.5. The molecule has 1 saturated heterocycles. The molecule has 2 heterocycles. The van der Waals surface area contributed by atoms with Gasteiger partial charge in [-0.25, -0.2) is 23.9 Å². The van der Waals surface area contributed by atoms with Gasteiger partial charge in [0.2, 0.25) is 5.88 Å². The summed E-state index contributed by atoms with van der Waals surface area (Å²) in [5, 5.41) is 9.28. The second-order valence-electron chi connectivity index (χ2n) is 8.37. The minimum Gasteiger partial charge on any atom is -0.467 e. The van der Waals surface area contributed by atoms with Crippen LogP contribution in [0.3, 0.4) is 0 Å². The van der Waals surface area contributed by atoms with Crippen LogP contribution < -0.4 is 10.2 Å². The molecule has 1 aliphatic carbocycles. The van der Waals surface area contributed by atoms with Crippen molar-refractivity contribution in [2.45, 2.75) is 47.5 Å². The Hall–Kier alpha value is -2.77. The number of halogens is 3. The van der Waals surface area contributed by atoms with Gasteiger partial charge >= 0.3 is 6.18 Å². The lowest BCUT2D eigenvalue weighted by molar-refractivity contribution is -0.154. The van der Waals surface area contributed by atoms with Crippen LogP contribution in [-0.2, 0) is 14.6 Å². The Labute approximate surface area is 193 Å². The zero-order valence-corrected chi connectivity index (χ0v) is 18.8. The number of nitrogens with one attached hydrogen (secondary N) is 1. The van der Waals surface area contributed by atoms with Gasteiger partial charge in [0.25, 0.3) is 5.91 Å². The maximum Gasteiger partial charge on any atom is 0.422 e. The summed E-state index contributed by atoms with van der Waals surface area (Å²) < 4.78 is 66.5.